The van der Waals surface area contributed by atoms with Gasteiger partial charge in [-0.15, -0.1) is 0 Å². The third-order valence-corrected chi connectivity index (χ3v) is 7.14. The molecule has 0 aromatic heterocycles. The molecule has 0 fully saturated rings. The molecule has 1 N–H and O–H groups in total. The summed E-state index contributed by atoms with van der Waals surface area (Å²) in [6.45, 7) is 3.60. The number of halogens is 2. The summed E-state index contributed by atoms with van der Waals surface area (Å²) in [7, 11) is -3.95. The Morgan fingerprint density at radius 3 is 2.03 bits per heavy atom. The Kier molecular flexibility index (Phi) is 7.38. The smallest absolute Gasteiger partial charge is 0.243 e. The van der Waals surface area contributed by atoms with Crippen LogP contribution < -0.4 is 5.32 Å². The topological polar surface area (TPSA) is 66.5 Å². The molecule has 0 saturated heterocycles. The molecule has 1 amide bonds. The van der Waals surface area contributed by atoms with Crippen molar-refractivity contribution in [3.8, 4) is 0 Å². The van der Waals surface area contributed by atoms with Gasteiger partial charge in [-0.25, -0.2) is 8.42 Å². The first kappa shape index (κ1) is 23.3. The molecule has 162 valence electrons. The van der Waals surface area contributed by atoms with Crippen LogP contribution in [-0.4, -0.2) is 25.2 Å². The summed E-state index contributed by atoms with van der Waals surface area (Å²) in [5.41, 5.74) is 3.46. The number of amides is 1. The lowest BCUT2D eigenvalue weighted by Gasteiger charge is -2.22. The lowest BCUT2D eigenvalue weighted by atomic mass is 10.1. The highest BCUT2D eigenvalue weighted by atomic mass is 35.5. The van der Waals surface area contributed by atoms with Crippen molar-refractivity contribution in [2.75, 3.05) is 11.9 Å². The summed E-state index contributed by atoms with van der Waals surface area (Å²) in [5, 5.41) is 3.75. The maximum atomic E-state index is 13.3. The Morgan fingerprint density at radius 1 is 0.871 bits per heavy atom. The van der Waals surface area contributed by atoms with E-state index < -0.39 is 15.9 Å². The van der Waals surface area contributed by atoms with Crippen LogP contribution in [-0.2, 0) is 21.4 Å². The minimum atomic E-state index is -3.95. The Balaban J connectivity index is 1.87. The lowest BCUT2D eigenvalue weighted by Crippen LogP contribution is -2.37. The summed E-state index contributed by atoms with van der Waals surface area (Å²) in [4.78, 5) is 12.8. The van der Waals surface area contributed by atoms with Gasteiger partial charge in [-0.2, -0.15) is 4.31 Å². The van der Waals surface area contributed by atoms with E-state index in [2.05, 4.69) is 5.32 Å². The Bertz CT molecular complexity index is 1180. The summed E-state index contributed by atoms with van der Waals surface area (Å²) in [5.74, 6) is -0.435. The second-order valence-electron chi connectivity index (χ2n) is 7.20. The quantitative estimate of drug-likeness (QED) is 0.493. The number of hydrogen-bond acceptors (Lipinski definition) is 3. The predicted molar refractivity (Wildman–Crippen MR) is 125 cm³/mol. The molecular formula is C23H22Cl2N2O3S. The number of nitrogens with zero attached hydrogens (tertiary/aromatic N) is 1. The zero-order valence-electron chi connectivity index (χ0n) is 17.1. The molecule has 0 aliphatic rings. The molecule has 0 aliphatic carbocycles. The molecule has 8 heteroatoms. The molecule has 0 saturated carbocycles. The van der Waals surface area contributed by atoms with Crippen LogP contribution in [0.15, 0.2) is 71.6 Å². The molecule has 31 heavy (non-hydrogen) atoms. The summed E-state index contributed by atoms with van der Waals surface area (Å²) in [6, 6.07) is 18.2. The fourth-order valence-electron chi connectivity index (χ4n) is 2.95. The molecule has 0 heterocycles. The van der Waals surface area contributed by atoms with Gasteiger partial charge in [-0.3, -0.25) is 4.79 Å². The first-order valence-electron chi connectivity index (χ1n) is 9.52. The SMILES string of the molecule is Cc1ccc(NC(=O)CN(Cc2ccc(Cl)cc2)S(=O)(=O)c2ccc(Cl)cc2)cc1C. The number of anilines is 1. The second-order valence-corrected chi connectivity index (χ2v) is 10.0. The second kappa shape index (κ2) is 9.83. The zero-order chi connectivity index (χ0) is 22.6. The molecule has 3 aromatic rings. The summed E-state index contributed by atoms with van der Waals surface area (Å²) < 4.78 is 27.7. The molecule has 0 unspecified atom stereocenters. The van der Waals surface area contributed by atoms with Crippen molar-refractivity contribution < 1.29 is 13.2 Å². The Hall–Kier alpha value is -2.38. The normalized spacial score (nSPS) is 11.5. The third-order valence-electron chi connectivity index (χ3n) is 4.83. The van der Waals surface area contributed by atoms with E-state index in [4.69, 9.17) is 23.2 Å². The first-order chi connectivity index (χ1) is 14.6. The molecular weight excluding hydrogens is 455 g/mol. The van der Waals surface area contributed by atoms with Gasteiger partial charge in [-0.1, -0.05) is 41.4 Å². The van der Waals surface area contributed by atoms with Crippen LogP contribution >= 0.6 is 23.2 Å². The highest BCUT2D eigenvalue weighted by Crippen LogP contribution is 2.22. The number of nitrogens with one attached hydrogen (secondary N) is 1. The number of benzene rings is 3. The van der Waals surface area contributed by atoms with Gasteiger partial charge in [-0.05, 0) is 79.1 Å². The van der Waals surface area contributed by atoms with Gasteiger partial charge in [0.1, 0.15) is 0 Å². The minimum absolute atomic E-state index is 0.0163. The van der Waals surface area contributed by atoms with Crippen LogP contribution in [0.2, 0.25) is 10.0 Å². The van der Waals surface area contributed by atoms with Crippen LogP contribution in [0.3, 0.4) is 0 Å². The van der Waals surface area contributed by atoms with E-state index in [0.717, 1.165) is 15.4 Å². The first-order valence-corrected chi connectivity index (χ1v) is 11.7. The fourth-order valence-corrected chi connectivity index (χ4v) is 4.59. The van der Waals surface area contributed by atoms with Gasteiger partial charge in [0.05, 0.1) is 11.4 Å². The molecule has 3 aromatic carbocycles. The van der Waals surface area contributed by atoms with E-state index in [1.165, 1.54) is 24.3 Å². The van der Waals surface area contributed by atoms with E-state index >= 15 is 0 Å². The van der Waals surface area contributed by atoms with Crippen LogP contribution in [0.25, 0.3) is 0 Å². The van der Waals surface area contributed by atoms with Crippen molar-refractivity contribution in [1.29, 1.82) is 0 Å². The van der Waals surface area contributed by atoms with Crippen molar-refractivity contribution in [3.63, 3.8) is 0 Å². The van der Waals surface area contributed by atoms with Crippen LogP contribution in [0.5, 0.6) is 0 Å². The van der Waals surface area contributed by atoms with Crippen LogP contribution in [0.1, 0.15) is 16.7 Å². The molecule has 0 aliphatic heterocycles. The van der Waals surface area contributed by atoms with E-state index in [-0.39, 0.29) is 18.0 Å². The van der Waals surface area contributed by atoms with Crippen molar-refractivity contribution >= 4 is 44.8 Å². The summed E-state index contributed by atoms with van der Waals surface area (Å²) >= 11 is 11.8. The molecule has 3 rings (SSSR count). The van der Waals surface area contributed by atoms with Gasteiger partial charge in [0.15, 0.2) is 0 Å². The van der Waals surface area contributed by atoms with Crippen LogP contribution in [0, 0.1) is 13.8 Å². The fraction of sp³-hybridized carbons (Fsp3) is 0.174. The van der Waals surface area contributed by atoms with Crippen LogP contribution in [0.4, 0.5) is 5.69 Å². The van der Waals surface area contributed by atoms with E-state index in [0.29, 0.717) is 21.3 Å². The predicted octanol–water partition coefficient (Wildman–Crippen LogP) is 5.44. The van der Waals surface area contributed by atoms with E-state index in [1.807, 2.05) is 26.0 Å². The van der Waals surface area contributed by atoms with Gasteiger partial charge in [0, 0.05) is 22.3 Å². The van der Waals surface area contributed by atoms with Crippen molar-refractivity contribution in [2.45, 2.75) is 25.3 Å². The minimum Gasteiger partial charge on any atom is -0.325 e. The highest BCUT2D eigenvalue weighted by molar-refractivity contribution is 7.89. The van der Waals surface area contributed by atoms with Gasteiger partial charge in [0.25, 0.3) is 0 Å². The number of hydrogen-bond donors (Lipinski definition) is 1. The number of sulfonamides is 1. The molecule has 0 atom stereocenters. The van der Waals surface area contributed by atoms with Crippen molar-refractivity contribution in [2.24, 2.45) is 0 Å². The van der Waals surface area contributed by atoms with Crippen molar-refractivity contribution in [1.82, 2.24) is 4.31 Å². The number of rotatable bonds is 7. The average Bonchev–Trinajstić information content (AvgIpc) is 2.72. The van der Waals surface area contributed by atoms with E-state index in [9.17, 15) is 13.2 Å². The number of carbonyl (C=O) groups excluding carboxylic acids is 1. The van der Waals surface area contributed by atoms with Crippen molar-refractivity contribution in [3.05, 3.63) is 93.5 Å². The maximum absolute atomic E-state index is 13.3. The van der Waals surface area contributed by atoms with Gasteiger partial charge >= 0.3 is 0 Å². The monoisotopic (exact) mass is 476 g/mol. The molecule has 0 bridgehead atoms. The number of carbonyl (C=O) groups is 1. The Morgan fingerprint density at radius 2 is 1.45 bits per heavy atom. The average molecular weight is 477 g/mol. The van der Waals surface area contributed by atoms with E-state index in [1.54, 1.807) is 30.3 Å². The molecule has 5 nitrogen and oxygen atoms in total. The largest absolute Gasteiger partial charge is 0.325 e. The lowest BCUT2D eigenvalue weighted by molar-refractivity contribution is -0.116. The third kappa shape index (κ3) is 6.08. The Labute approximate surface area is 192 Å². The standard InChI is InChI=1S/C23H22Cl2N2O3S/c1-16-3-10-21(13-17(16)2)26-23(28)15-27(14-18-4-6-19(24)7-5-18)31(29,30)22-11-8-20(25)9-12-22/h3-13H,14-15H2,1-2H3,(H,26,28). The van der Waals surface area contributed by atoms with Gasteiger partial charge in [0.2, 0.25) is 15.9 Å². The molecule has 0 radical (unpaired) electrons. The zero-order valence-corrected chi connectivity index (χ0v) is 19.4. The maximum Gasteiger partial charge on any atom is 0.243 e. The summed E-state index contributed by atoms with van der Waals surface area (Å²) in [6.07, 6.45) is 0. The number of aryl methyl sites for hydroxylation is 2. The van der Waals surface area contributed by atoms with Gasteiger partial charge < -0.3 is 5.32 Å². The molecule has 0 spiro atoms. The highest BCUT2D eigenvalue weighted by Gasteiger charge is 2.27.